The molecular weight excluding hydrogens is 357 g/mol. The molecule has 1 N–H and O–H groups in total. The van der Waals surface area contributed by atoms with Gasteiger partial charge in [-0.3, -0.25) is 4.79 Å². The first-order valence-electron chi connectivity index (χ1n) is 7.40. The van der Waals surface area contributed by atoms with E-state index in [9.17, 15) is 9.18 Å². The minimum Gasteiger partial charge on any atom is -0.325 e. The van der Waals surface area contributed by atoms with E-state index in [1.165, 1.54) is 12.1 Å². The summed E-state index contributed by atoms with van der Waals surface area (Å²) >= 11 is 3.63. The molecule has 0 radical (unpaired) electrons. The Balaban J connectivity index is 1.96. The highest BCUT2D eigenvalue weighted by molar-refractivity contribution is 9.10. The monoisotopic (exact) mass is 369 g/mol. The number of nitrogens with one attached hydrogen (secondary N) is 1. The molecule has 0 bridgehead atoms. The first-order chi connectivity index (χ1) is 11.1. The van der Waals surface area contributed by atoms with Crippen molar-refractivity contribution < 1.29 is 9.18 Å². The van der Waals surface area contributed by atoms with Crippen LogP contribution >= 0.6 is 15.9 Å². The molecule has 114 valence electrons. The molecule has 3 aromatic carbocycles. The smallest absolute Gasteiger partial charge is 0.225 e. The Bertz CT molecular complexity index is 921. The van der Waals surface area contributed by atoms with E-state index in [0.29, 0.717) is 6.42 Å². The number of fused-ring (bicyclic) bond motifs is 3. The molecule has 0 spiro atoms. The van der Waals surface area contributed by atoms with E-state index in [0.717, 1.165) is 32.1 Å². The van der Waals surface area contributed by atoms with E-state index < -0.39 is 0 Å². The number of benzene rings is 3. The van der Waals surface area contributed by atoms with Crippen LogP contribution in [0.2, 0.25) is 0 Å². The number of hydrogen-bond donors (Lipinski definition) is 1. The van der Waals surface area contributed by atoms with Gasteiger partial charge in [0, 0.05) is 22.2 Å². The molecule has 4 rings (SSSR count). The summed E-state index contributed by atoms with van der Waals surface area (Å²) < 4.78 is 14.2. The maximum absolute atomic E-state index is 13.2. The summed E-state index contributed by atoms with van der Waals surface area (Å²) in [5, 5.41) is 5.08. The Morgan fingerprint density at radius 1 is 1.04 bits per heavy atom. The standard InChI is InChI=1S/C19H13BrFNO/c20-17-9-16-15(11-5-7-12(21)8-6-11)10-18(23)22-19(16)14-4-2-1-3-13(14)17/h1-9,15H,10H2,(H,22,23)/t15-/m1/s1. The van der Waals surface area contributed by atoms with Crippen LogP contribution in [0.1, 0.15) is 23.5 Å². The topological polar surface area (TPSA) is 29.1 Å². The van der Waals surface area contributed by atoms with Crippen LogP contribution in [-0.4, -0.2) is 5.91 Å². The SMILES string of the molecule is O=C1C[C@H](c2ccc(F)cc2)c2cc(Br)c3ccccc3c2N1. The molecule has 0 saturated carbocycles. The highest BCUT2D eigenvalue weighted by atomic mass is 79.9. The molecule has 0 aliphatic carbocycles. The Morgan fingerprint density at radius 3 is 2.48 bits per heavy atom. The second-order valence-corrected chi connectivity index (χ2v) is 6.58. The first kappa shape index (κ1) is 14.4. The van der Waals surface area contributed by atoms with Gasteiger partial charge in [0.25, 0.3) is 0 Å². The quantitative estimate of drug-likeness (QED) is 0.626. The van der Waals surface area contributed by atoms with Gasteiger partial charge in [-0.25, -0.2) is 4.39 Å². The van der Waals surface area contributed by atoms with E-state index in [1.54, 1.807) is 12.1 Å². The fraction of sp³-hybridized carbons (Fsp3) is 0.105. The summed E-state index contributed by atoms with van der Waals surface area (Å²) in [6.45, 7) is 0. The Hall–Kier alpha value is -2.20. The summed E-state index contributed by atoms with van der Waals surface area (Å²) in [4.78, 5) is 12.2. The molecule has 1 aliphatic rings. The number of carbonyl (C=O) groups is 1. The molecule has 0 unspecified atom stereocenters. The maximum atomic E-state index is 13.2. The number of carbonyl (C=O) groups excluding carboxylic acids is 1. The van der Waals surface area contributed by atoms with Crippen LogP contribution < -0.4 is 5.32 Å². The van der Waals surface area contributed by atoms with Crippen molar-refractivity contribution in [3.8, 4) is 0 Å². The predicted octanol–water partition coefficient (Wildman–Crippen LogP) is 5.22. The second-order valence-electron chi connectivity index (χ2n) is 5.72. The van der Waals surface area contributed by atoms with Crippen molar-refractivity contribution in [2.24, 2.45) is 0 Å². The lowest BCUT2D eigenvalue weighted by Gasteiger charge is -2.28. The van der Waals surface area contributed by atoms with E-state index in [1.807, 2.05) is 24.3 Å². The van der Waals surface area contributed by atoms with Crippen LogP contribution in [-0.2, 0) is 4.79 Å². The molecule has 1 aliphatic heterocycles. The molecular formula is C19H13BrFNO. The lowest BCUT2D eigenvalue weighted by atomic mass is 9.83. The lowest BCUT2D eigenvalue weighted by molar-refractivity contribution is -0.116. The molecule has 0 fully saturated rings. The average Bonchev–Trinajstić information content (AvgIpc) is 2.56. The van der Waals surface area contributed by atoms with Crippen molar-refractivity contribution in [3.63, 3.8) is 0 Å². The van der Waals surface area contributed by atoms with Crippen molar-refractivity contribution in [1.29, 1.82) is 0 Å². The van der Waals surface area contributed by atoms with Gasteiger partial charge in [-0.2, -0.15) is 0 Å². The van der Waals surface area contributed by atoms with Gasteiger partial charge in [-0.05, 0) is 34.7 Å². The van der Waals surface area contributed by atoms with Crippen LogP contribution in [0.5, 0.6) is 0 Å². The van der Waals surface area contributed by atoms with Gasteiger partial charge in [-0.1, -0.05) is 52.3 Å². The summed E-state index contributed by atoms with van der Waals surface area (Å²) in [5.74, 6) is -0.353. The molecule has 0 saturated heterocycles. The Morgan fingerprint density at radius 2 is 1.74 bits per heavy atom. The number of halogens is 2. The van der Waals surface area contributed by atoms with Crippen LogP contribution in [0.15, 0.2) is 59.1 Å². The van der Waals surface area contributed by atoms with E-state index >= 15 is 0 Å². The van der Waals surface area contributed by atoms with Crippen molar-refractivity contribution in [1.82, 2.24) is 0 Å². The van der Waals surface area contributed by atoms with Gasteiger partial charge in [0.2, 0.25) is 5.91 Å². The van der Waals surface area contributed by atoms with Crippen LogP contribution in [0.4, 0.5) is 10.1 Å². The summed E-state index contributed by atoms with van der Waals surface area (Å²) in [6, 6.07) is 16.4. The summed E-state index contributed by atoms with van der Waals surface area (Å²) in [5.41, 5.74) is 2.86. The summed E-state index contributed by atoms with van der Waals surface area (Å²) in [6.07, 6.45) is 0.364. The van der Waals surface area contributed by atoms with Crippen LogP contribution in [0.25, 0.3) is 10.8 Å². The van der Waals surface area contributed by atoms with Gasteiger partial charge < -0.3 is 5.32 Å². The summed E-state index contributed by atoms with van der Waals surface area (Å²) in [7, 11) is 0. The molecule has 23 heavy (non-hydrogen) atoms. The van der Waals surface area contributed by atoms with Gasteiger partial charge in [0.05, 0.1) is 5.69 Å². The molecule has 0 aromatic heterocycles. The van der Waals surface area contributed by atoms with Gasteiger partial charge in [-0.15, -0.1) is 0 Å². The number of rotatable bonds is 1. The highest BCUT2D eigenvalue weighted by Crippen LogP contribution is 2.43. The third-order valence-electron chi connectivity index (χ3n) is 4.33. The molecule has 4 heteroatoms. The molecule has 1 atom stereocenters. The number of anilines is 1. The Kier molecular flexibility index (Phi) is 3.42. The zero-order valence-electron chi connectivity index (χ0n) is 12.1. The molecule has 1 heterocycles. The van der Waals surface area contributed by atoms with Crippen molar-refractivity contribution in [3.05, 3.63) is 76.0 Å². The van der Waals surface area contributed by atoms with E-state index in [2.05, 4.69) is 27.3 Å². The van der Waals surface area contributed by atoms with E-state index in [4.69, 9.17) is 0 Å². The van der Waals surface area contributed by atoms with Crippen LogP contribution in [0, 0.1) is 5.82 Å². The zero-order valence-corrected chi connectivity index (χ0v) is 13.7. The second kappa shape index (κ2) is 5.46. The lowest BCUT2D eigenvalue weighted by Crippen LogP contribution is -2.23. The predicted molar refractivity (Wildman–Crippen MR) is 93.1 cm³/mol. The Labute approximate surface area is 141 Å². The maximum Gasteiger partial charge on any atom is 0.225 e. The van der Waals surface area contributed by atoms with Gasteiger partial charge >= 0.3 is 0 Å². The average molecular weight is 370 g/mol. The number of hydrogen-bond acceptors (Lipinski definition) is 1. The molecule has 2 nitrogen and oxygen atoms in total. The fourth-order valence-corrected chi connectivity index (χ4v) is 3.84. The molecule has 1 amide bonds. The number of amides is 1. The van der Waals surface area contributed by atoms with Gasteiger partial charge in [0.1, 0.15) is 5.82 Å². The van der Waals surface area contributed by atoms with Crippen LogP contribution in [0.3, 0.4) is 0 Å². The van der Waals surface area contributed by atoms with E-state index in [-0.39, 0.29) is 17.6 Å². The van der Waals surface area contributed by atoms with Crippen molar-refractivity contribution in [2.45, 2.75) is 12.3 Å². The minimum absolute atomic E-state index is 0.0145. The third-order valence-corrected chi connectivity index (χ3v) is 4.98. The zero-order chi connectivity index (χ0) is 16.0. The highest BCUT2D eigenvalue weighted by Gasteiger charge is 2.28. The van der Waals surface area contributed by atoms with Crippen molar-refractivity contribution in [2.75, 3.05) is 5.32 Å². The third kappa shape index (κ3) is 2.43. The van der Waals surface area contributed by atoms with Gasteiger partial charge in [0.15, 0.2) is 0 Å². The first-order valence-corrected chi connectivity index (χ1v) is 8.19. The fourth-order valence-electron chi connectivity index (χ4n) is 3.24. The minimum atomic E-state index is -0.270. The largest absolute Gasteiger partial charge is 0.325 e. The molecule has 3 aromatic rings. The van der Waals surface area contributed by atoms with Crippen molar-refractivity contribution >= 4 is 38.3 Å². The normalized spacial score (nSPS) is 17.0.